The Morgan fingerprint density at radius 2 is 2.44 bits per heavy atom. The summed E-state index contributed by atoms with van der Waals surface area (Å²) in [4.78, 5) is 8.48. The summed E-state index contributed by atoms with van der Waals surface area (Å²) >= 11 is 0. The molecule has 0 spiro atoms. The first kappa shape index (κ1) is 9.53. The highest BCUT2D eigenvalue weighted by Crippen LogP contribution is 2.20. The monoisotopic (exact) mass is 218 g/mol. The summed E-state index contributed by atoms with van der Waals surface area (Å²) in [7, 11) is 0. The van der Waals surface area contributed by atoms with Gasteiger partial charge in [-0.25, -0.2) is 9.97 Å². The summed E-state index contributed by atoms with van der Waals surface area (Å²) in [6.45, 7) is 2.04. The van der Waals surface area contributed by atoms with Gasteiger partial charge in [-0.3, -0.25) is 0 Å². The van der Waals surface area contributed by atoms with Gasteiger partial charge in [0.1, 0.15) is 0 Å². The Kier molecular flexibility index (Phi) is 2.21. The number of piperidine rings is 1. The maximum atomic E-state index is 5.73. The first-order valence-electron chi connectivity index (χ1n) is 5.52. The minimum atomic E-state index is 0.389. The van der Waals surface area contributed by atoms with Crippen LogP contribution in [0, 0.1) is 0 Å². The third kappa shape index (κ3) is 1.51. The van der Waals surface area contributed by atoms with Gasteiger partial charge in [0, 0.05) is 24.7 Å². The first-order valence-corrected chi connectivity index (χ1v) is 5.52. The fraction of sp³-hybridized carbons (Fsp3) is 0.500. The van der Waals surface area contributed by atoms with Gasteiger partial charge >= 0.3 is 0 Å². The van der Waals surface area contributed by atoms with Gasteiger partial charge in [0.2, 0.25) is 5.95 Å². The Morgan fingerprint density at radius 3 is 3.19 bits per heavy atom. The van der Waals surface area contributed by atoms with Crippen LogP contribution < -0.4 is 11.1 Å². The molecule has 1 fully saturated rings. The predicted octanol–water partition coefficient (Wildman–Crippen LogP) is 0.173. The highest BCUT2D eigenvalue weighted by atomic mass is 15.3. The SMILES string of the molecule is Nc1nccc2nc(C3CCCNC3)nn12. The third-order valence-corrected chi connectivity index (χ3v) is 2.96. The van der Waals surface area contributed by atoms with E-state index < -0.39 is 0 Å². The van der Waals surface area contributed by atoms with Crippen LogP contribution in [0.3, 0.4) is 0 Å². The molecule has 84 valence electrons. The van der Waals surface area contributed by atoms with Crippen molar-refractivity contribution >= 4 is 11.6 Å². The molecule has 16 heavy (non-hydrogen) atoms. The van der Waals surface area contributed by atoms with Crippen molar-refractivity contribution in [2.75, 3.05) is 18.8 Å². The lowest BCUT2D eigenvalue weighted by atomic mass is 9.99. The largest absolute Gasteiger partial charge is 0.368 e. The van der Waals surface area contributed by atoms with E-state index in [4.69, 9.17) is 5.73 Å². The lowest BCUT2D eigenvalue weighted by molar-refractivity contribution is 0.447. The maximum Gasteiger partial charge on any atom is 0.223 e. The molecule has 3 N–H and O–H groups in total. The van der Waals surface area contributed by atoms with Crippen LogP contribution in [0.1, 0.15) is 24.6 Å². The topological polar surface area (TPSA) is 81.1 Å². The van der Waals surface area contributed by atoms with E-state index in [9.17, 15) is 0 Å². The van der Waals surface area contributed by atoms with Crippen molar-refractivity contribution in [1.82, 2.24) is 24.9 Å². The number of hydrogen-bond acceptors (Lipinski definition) is 5. The molecule has 1 aliphatic rings. The minimum Gasteiger partial charge on any atom is -0.368 e. The predicted molar refractivity (Wildman–Crippen MR) is 60.0 cm³/mol. The van der Waals surface area contributed by atoms with E-state index in [0.29, 0.717) is 11.9 Å². The van der Waals surface area contributed by atoms with Crippen molar-refractivity contribution in [2.45, 2.75) is 18.8 Å². The smallest absolute Gasteiger partial charge is 0.223 e. The molecule has 2 aromatic heterocycles. The molecular weight excluding hydrogens is 204 g/mol. The van der Waals surface area contributed by atoms with Crippen molar-refractivity contribution < 1.29 is 0 Å². The number of nitrogens with zero attached hydrogens (tertiary/aromatic N) is 4. The molecule has 0 radical (unpaired) electrons. The quantitative estimate of drug-likeness (QED) is 0.713. The summed E-state index contributed by atoms with van der Waals surface area (Å²) < 4.78 is 1.60. The van der Waals surface area contributed by atoms with E-state index in [0.717, 1.165) is 31.0 Å². The van der Waals surface area contributed by atoms with E-state index in [1.165, 1.54) is 6.42 Å². The van der Waals surface area contributed by atoms with Crippen LogP contribution in [0.5, 0.6) is 0 Å². The molecule has 2 aromatic rings. The summed E-state index contributed by atoms with van der Waals surface area (Å²) in [6.07, 6.45) is 3.97. The summed E-state index contributed by atoms with van der Waals surface area (Å²) in [5, 5.41) is 7.77. The molecule has 0 saturated carbocycles. The summed E-state index contributed by atoms with van der Waals surface area (Å²) in [5.74, 6) is 1.65. The maximum absolute atomic E-state index is 5.73. The number of aromatic nitrogens is 4. The van der Waals surface area contributed by atoms with E-state index in [1.807, 2.05) is 6.07 Å². The Hall–Kier alpha value is -1.69. The van der Waals surface area contributed by atoms with Crippen LogP contribution >= 0.6 is 0 Å². The second-order valence-corrected chi connectivity index (χ2v) is 4.09. The lowest BCUT2D eigenvalue weighted by Crippen LogP contribution is -2.29. The molecule has 1 saturated heterocycles. The molecule has 1 unspecified atom stereocenters. The molecular formula is C10H14N6. The molecule has 0 bridgehead atoms. The average Bonchev–Trinajstić information content (AvgIpc) is 2.76. The van der Waals surface area contributed by atoms with Gasteiger partial charge in [-0.2, -0.15) is 4.52 Å². The van der Waals surface area contributed by atoms with Crippen molar-refractivity contribution in [2.24, 2.45) is 0 Å². The van der Waals surface area contributed by atoms with E-state index in [-0.39, 0.29) is 0 Å². The summed E-state index contributed by atoms with van der Waals surface area (Å²) in [5.41, 5.74) is 6.50. The molecule has 3 rings (SSSR count). The standard InChI is InChI=1S/C10H14N6/c11-10-13-5-3-8-14-9(15-16(8)10)7-2-1-4-12-6-7/h3,5,7,12H,1-2,4,6H2,(H2,11,13). The zero-order chi connectivity index (χ0) is 11.0. The van der Waals surface area contributed by atoms with Gasteiger partial charge in [-0.05, 0) is 19.4 Å². The minimum absolute atomic E-state index is 0.389. The number of rotatable bonds is 1. The molecule has 0 amide bonds. The van der Waals surface area contributed by atoms with E-state index in [1.54, 1.807) is 10.7 Å². The zero-order valence-corrected chi connectivity index (χ0v) is 8.93. The number of hydrogen-bond donors (Lipinski definition) is 2. The van der Waals surface area contributed by atoms with Crippen LogP contribution in [0.15, 0.2) is 12.3 Å². The normalized spacial score (nSPS) is 21.4. The van der Waals surface area contributed by atoms with Gasteiger partial charge in [-0.15, -0.1) is 5.10 Å². The molecule has 0 aromatic carbocycles. The fourth-order valence-electron chi connectivity index (χ4n) is 2.10. The molecule has 1 aliphatic heterocycles. The Balaban J connectivity index is 2.01. The zero-order valence-electron chi connectivity index (χ0n) is 8.93. The highest BCUT2D eigenvalue weighted by molar-refractivity contribution is 5.41. The molecule has 6 nitrogen and oxygen atoms in total. The third-order valence-electron chi connectivity index (χ3n) is 2.96. The molecule has 3 heterocycles. The van der Waals surface area contributed by atoms with Crippen LogP contribution in [-0.4, -0.2) is 32.7 Å². The number of nitrogen functional groups attached to an aromatic ring is 1. The number of fused-ring (bicyclic) bond motifs is 1. The van der Waals surface area contributed by atoms with Crippen LogP contribution in [0.25, 0.3) is 5.65 Å². The van der Waals surface area contributed by atoms with Crippen molar-refractivity contribution in [3.8, 4) is 0 Å². The second-order valence-electron chi connectivity index (χ2n) is 4.09. The number of anilines is 1. The molecule has 1 atom stereocenters. The molecule has 0 aliphatic carbocycles. The summed E-state index contributed by atoms with van der Waals surface area (Å²) in [6, 6.07) is 1.82. The van der Waals surface area contributed by atoms with Gasteiger partial charge in [-0.1, -0.05) is 0 Å². The van der Waals surface area contributed by atoms with Crippen LogP contribution in [0.2, 0.25) is 0 Å². The van der Waals surface area contributed by atoms with Gasteiger partial charge in [0.05, 0.1) is 0 Å². The van der Waals surface area contributed by atoms with E-state index >= 15 is 0 Å². The lowest BCUT2D eigenvalue weighted by Gasteiger charge is -2.19. The Labute approximate surface area is 92.9 Å². The fourth-order valence-corrected chi connectivity index (χ4v) is 2.10. The molecule has 6 heteroatoms. The van der Waals surface area contributed by atoms with Gasteiger partial charge < -0.3 is 11.1 Å². The van der Waals surface area contributed by atoms with Crippen LogP contribution in [0.4, 0.5) is 5.95 Å². The number of nitrogens with one attached hydrogen (secondary N) is 1. The van der Waals surface area contributed by atoms with Crippen molar-refractivity contribution in [1.29, 1.82) is 0 Å². The van der Waals surface area contributed by atoms with Crippen molar-refractivity contribution in [3.05, 3.63) is 18.1 Å². The first-order chi connectivity index (χ1) is 7.84. The van der Waals surface area contributed by atoms with Gasteiger partial charge in [0.15, 0.2) is 11.5 Å². The van der Waals surface area contributed by atoms with Crippen LogP contribution in [-0.2, 0) is 0 Å². The highest BCUT2D eigenvalue weighted by Gasteiger charge is 2.20. The van der Waals surface area contributed by atoms with Gasteiger partial charge in [0.25, 0.3) is 0 Å². The Morgan fingerprint density at radius 1 is 1.50 bits per heavy atom. The van der Waals surface area contributed by atoms with Crippen molar-refractivity contribution in [3.63, 3.8) is 0 Å². The average molecular weight is 218 g/mol. The van der Waals surface area contributed by atoms with E-state index in [2.05, 4.69) is 20.4 Å². The number of nitrogens with two attached hydrogens (primary N) is 1. The second kappa shape index (κ2) is 3.71. The Bertz CT molecular complexity index is 499.